The fourth-order valence-electron chi connectivity index (χ4n) is 2.50. The summed E-state index contributed by atoms with van der Waals surface area (Å²) in [4.78, 5) is 2.32. The van der Waals surface area contributed by atoms with E-state index in [-0.39, 0.29) is 24.3 Å². The van der Waals surface area contributed by atoms with Crippen molar-refractivity contribution in [2.75, 3.05) is 13.1 Å². The fourth-order valence-corrected chi connectivity index (χ4v) is 2.50. The van der Waals surface area contributed by atoms with Gasteiger partial charge in [-0.1, -0.05) is 18.2 Å². The van der Waals surface area contributed by atoms with Crippen molar-refractivity contribution in [3.8, 4) is 0 Å². The second-order valence-corrected chi connectivity index (χ2v) is 5.06. The van der Waals surface area contributed by atoms with Crippen molar-refractivity contribution in [1.29, 1.82) is 0 Å². The summed E-state index contributed by atoms with van der Waals surface area (Å²) in [5.41, 5.74) is 6.71. The highest BCUT2D eigenvalue weighted by Gasteiger charge is 2.22. The van der Waals surface area contributed by atoms with E-state index in [4.69, 9.17) is 5.73 Å². The molecular formula is C14H22ClFN2. The molecule has 0 radical (unpaired) electrons. The van der Waals surface area contributed by atoms with Crippen LogP contribution < -0.4 is 5.73 Å². The van der Waals surface area contributed by atoms with Crippen LogP contribution in [-0.4, -0.2) is 24.0 Å². The number of benzene rings is 1. The second kappa shape index (κ2) is 7.07. The molecule has 18 heavy (non-hydrogen) atoms. The van der Waals surface area contributed by atoms with Gasteiger partial charge in [-0.15, -0.1) is 12.4 Å². The fraction of sp³-hybridized carbons (Fsp3) is 0.571. The lowest BCUT2D eigenvalue weighted by Gasteiger charge is -2.33. The molecule has 0 aromatic heterocycles. The van der Waals surface area contributed by atoms with E-state index in [0.29, 0.717) is 5.92 Å². The lowest BCUT2D eigenvalue weighted by atomic mass is 9.91. The Morgan fingerprint density at radius 1 is 1.33 bits per heavy atom. The first-order valence-corrected chi connectivity index (χ1v) is 6.38. The zero-order chi connectivity index (χ0) is 12.3. The van der Waals surface area contributed by atoms with Gasteiger partial charge in [0.05, 0.1) is 0 Å². The van der Waals surface area contributed by atoms with Crippen molar-refractivity contribution in [2.45, 2.75) is 32.4 Å². The molecule has 2 nitrogen and oxygen atoms in total. The van der Waals surface area contributed by atoms with E-state index in [1.54, 1.807) is 6.07 Å². The lowest BCUT2D eigenvalue weighted by Crippen LogP contribution is -2.39. The Balaban J connectivity index is 0.00000162. The third-order valence-electron chi connectivity index (χ3n) is 3.73. The molecule has 1 atom stereocenters. The van der Waals surface area contributed by atoms with Crippen molar-refractivity contribution in [2.24, 2.45) is 11.7 Å². The van der Waals surface area contributed by atoms with E-state index >= 15 is 0 Å². The molecular weight excluding hydrogens is 251 g/mol. The van der Waals surface area contributed by atoms with Crippen LogP contribution in [0.2, 0.25) is 0 Å². The summed E-state index contributed by atoms with van der Waals surface area (Å²) in [6.07, 6.45) is 2.26. The van der Waals surface area contributed by atoms with Gasteiger partial charge in [0.15, 0.2) is 0 Å². The van der Waals surface area contributed by atoms with Crippen LogP contribution in [0.25, 0.3) is 0 Å². The molecule has 0 amide bonds. The first-order valence-electron chi connectivity index (χ1n) is 6.38. The summed E-state index contributed by atoms with van der Waals surface area (Å²) in [7, 11) is 0. The van der Waals surface area contributed by atoms with Crippen LogP contribution >= 0.6 is 12.4 Å². The molecule has 0 saturated carbocycles. The van der Waals surface area contributed by atoms with Crippen molar-refractivity contribution in [3.63, 3.8) is 0 Å². The molecule has 1 aromatic carbocycles. The molecule has 4 heteroatoms. The third kappa shape index (κ3) is 3.94. The van der Waals surface area contributed by atoms with Crippen LogP contribution in [0.4, 0.5) is 4.39 Å². The predicted octanol–water partition coefficient (Wildman–Crippen LogP) is 2.81. The van der Waals surface area contributed by atoms with Crippen molar-refractivity contribution in [3.05, 3.63) is 35.6 Å². The van der Waals surface area contributed by atoms with Crippen molar-refractivity contribution >= 4 is 12.4 Å². The number of nitrogens with two attached hydrogens (primary N) is 1. The number of halogens is 2. The Labute approximate surface area is 115 Å². The number of hydrogen-bond donors (Lipinski definition) is 1. The van der Waals surface area contributed by atoms with Gasteiger partial charge in [-0.3, -0.25) is 4.90 Å². The van der Waals surface area contributed by atoms with Crippen LogP contribution in [-0.2, 0) is 6.54 Å². The van der Waals surface area contributed by atoms with Crippen LogP contribution in [0.5, 0.6) is 0 Å². The normalized spacial score (nSPS) is 19.3. The molecule has 102 valence electrons. The van der Waals surface area contributed by atoms with Gasteiger partial charge in [0, 0.05) is 18.2 Å². The van der Waals surface area contributed by atoms with Gasteiger partial charge in [-0.2, -0.15) is 0 Å². The highest BCUT2D eigenvalue weighted by atomic mass is 35.5. The Hall–Kier alpha value is -0.640. The first-order chi connectivity index (χ1) is 8.16. The number of nitrogens with zero attached hydrogens (tertiary/aromatic N) is 1. The molecule has 1 fully saturated rings. The largest absolute Gasteiger partial charge is 0.328 e. The molecule has 1 heterocycles. The molecule has 2 N–H and O–H groups in total. The number of likely N-dealkylation sites (tertiary alicyclic amines) is 1. The highest BCUT2D eigenvalue weighted by molar-refractivity contribution is 5.85. The minimum atomic E-state index is -0.0955. The van der Waals surface area contributed by atoms with E-state index in [9.17, 15) is 4.39 Å². The van der Waals surface area contributed by atoms with E-state index < -0.39 is 0 Å². The van der Waals surface area contributed by atoms with Crippen molar-refractivity contribution < 1.29 is 4.39 Å². The molecule has 2 rings (SSSR count). The molecule has 1 saturated heterocycles. The smallest absolute Gasteiger partial charge is 0.127 e. The maximum Gasteiger partial charge on any atom is 0.127 e. The van der Waals surface area contributed by atoms with Gasteiger partial charge in [-0.05, 0) is 44.8 Å². The minimum Gasteiger partial charge on any atom is -0.328 e. The molecule has 1 aliphatic rings. The molecule has 1 aliphatic heterocycles. The average molecular weight is 273 g/mol. The third-order valence-corrected chi connectivity index (χ3v) is 3.73. The monoisotopic (exact) mass is 272 g/mol. The van der Waals surface area contributed by atoms with Gasteiger partial charge in [0.2, 0.25) is 0 Å². The average Bonchev–Trinajstić information content (AvgIpc) is 2.33. The van der Waals surface area contributed by atoms with E-state index in [2.05, 4.69) is 11.8 Å². The van der Waals surface area contributed by atoms with Crippen LogP contribution in [0.3, 0.4) is 0 Å². The summed E-state index contributed by atoms with van der Waals surface area (Å²) in [5, 5.41) is 0. The quantitative estimate of drug-likeness (QED) is 0.917. The molecule has 0 spiro atoms. The van der Waals surface area contributed by atoms with Gasteiger partial charge < -0.3 is 5.73 Å². The topological polar surface area (TPSA) is 29.3 Å². The Kier molecular flexibility index (Phi) is 6.06. The maximum absolute atomic E-state index is 13.5. The van der Waals surface area contributed by atoms with Crippen LogP contribution in [0.15, 0.2) is 24.3 Å². The summed E-state index contributed by atoms with van der Waals surface area (Å²) >= 11 is 0. The molecule has 1 unspecified atom stereocenters. The van der Waals surface area contributed by atoms with E-state index in [1.165, 1.54) is 6.07 Å². The molecule has 1 aromatic rings. The van der Waals surface area contributed by atoms with Crippen LogP contribution in [0, 0.1) is 11.7 Å². The van der Waals surface area contributed by atoms with Gasteiger partial charge in [-0.25, -0.2) is 4.39 Å². The number of piperidine rings is 1. The van der Waals surface area contributed by atoms with Crippen molar-refractivity contribution in [1.82, 2.24) is 4.90 Å². The molecule has 0 aliphatic carbocycles. The van der Waals surface area contributed by atoms with E-state index in [0.717, 1.165) is 38.0 Å². The summed E-state index contributed by atoms with van der Waals surface area (Å²) in [6, 6.07) is 7.32. The summed E-state index contributed by atoms with van der Waals surface area (Å²) in [6.45, 7) is 4.86. The lowest BCUT2D eigenvalue weighted by molar-refractivity contribution is 0.164. The zero-order valence-corrected chi connectivity index (χ0v) is 11.6. The van der Waals surface area contributed by atoms with E-state index in [1.807, 2.05) is 12.1 Å². The Bertz CT molecular complexity index is 363. The summed E-state index contributed by atoms with van der Waals surface area (Å²) in [5.74, 6) is 0.536. The van der Waals surface area contributed by atoms with Crippen LogP contribution in [0.1, 0.15) is 25.3 Å². The zero-order valence-electron chi connectivity index (χ0n) is 10.8. The number of rotatable bonds is 3. The number of hydrogen-bond acceptors (Lipinski definition) is 2. The van der Waals surface area contributed by atoms with Gasteiger partial charge in [0.1, 0.15) is 5.82 Å². The predicted molar refractivity (Wildman–Crippen MR) is 75.3 cm³/mol. The Morgan fingerprint density at radius 2 is 1.94 bits per heavy atom. The Morgan fingerprint density at radius 3 is 2.50 bits per heavy atom. The summed E-state index contributed by atoms with van der Waals surface area (Å²) < 4.78 is 13.5. The maximum atomic E-state index is 13.5. The SMILES string of the molecule is CC(N)C1CCN(Cc2ccccc2F)CC1.Cl. The molecule has 0 bridgehead atoms. The van der Waals surface area contributed by atoms with Gasteiger partial charge in [0.25, 0.3) is 0 Å². The highest BCUT2D eigenvalue weighted by Crippen LogP contribution is 2.21. The first kappa shape index (κ1) is 15.4. The minimum absolute atomic E-state index is 0. The second-order valence-electron chi connectivity index (χ2n) is 5.06. The van der Waals surface area contributed by atoms with Gasteiger partial charge >= 0.3 is 0 Å². The standard InChI is InChI=1S/C14H21FN2.ClH/c1-11(16)12-6-8-17(9-7-12)10-13-4-2-3-5-14(13)15;/h2-5,11-12H,6-10,16H2,1H3;1H.